The third kappa shape index (κ3) is 3.45. The highest BCUT2D eigenvalue weighted by atomic mass is 35.5. The van der Waals surface area contributed by atoms with Gasteiger partial charge < -0.3 is 4.90 Å². The Hall–Kier alpha value is -0.680. The second kappa shape index (κ2) is 7.20. The minimum Gasteiger partial charge on any atom is -0.334 e. The molecule has 1 heterocycles. The van der Waals surface area contributed by atoms with Crippen LogP contribution in [0.3, 0.4) is 0 Å². The van der Waals surface area contributed by atoms with Crippen molar-refractivity contribution >= 4 is 29.0 Å². The number of amides is 1. The average molecular weight is 302 g/mol. The van der Waals surface area contributed by atoms with Crippen molar-refractivity contribution in [3.63, 3.8) is 0 Å². The number of nitrogens with zero attached hydrogens (tertiary/aromatic N) is 3. The summed E-state index contributed by atoms with van der Waals surface area (Å²) in [5, 5.41) is 4.03. The van der Waals surface area contributed by atoms with Crippen molar-refractivity contribution in [3.8, 4) is 0 Å². The van der Waals surface area contributed by atoms with Crippen molar-refractivity contribution in [1.29, 1.82) is 0 Å². The molecule has 1 fully saturated rings. The quantitative estimate of drug-likeness (QED) is 0.785. The molecule has 1 aromatic heterocycles. The van der Waals surface area contributed by atoms with Gasteiger partial charge in [0.05, 0.1) is 5.69 Å². The van der Waals surface area contributed by atoms with Crippen molar-refractivity contribution in [3.05, 3.63) is 10.6 Å². The van der Waals surface area contributed by atoms with E-state index in [1.54, 1.807) is 0 Å². The molecule has 0 radical (unpaired) electrons. The van der Waals surface area contributed by atoms with Gasteiger partial charge in [0.2, 0.25) is 0 Å². The van der Waals surface area contributed by atoms with E-state index in [-0.39, 0.29) is 5.91 Å². The highest BCUT2D eigenvalue weighted by Gasteiger charge is 2.28. The van der Waals surface area contributed by atoms with E-state index >= 15 is 0 Å². The number of carbonyl (C=O) groups excluding carboxylic acids is 1. The van der Waals surface area contributed by atoms with E-state index in [1.165, 1.54) is 30.8 Å². The summed E-state index contributed by atoms with van der Waals surface area (Å²) in [6.07, 6.45) is 6.63. The molecule has 1 amide bonds. The molecule has 0 unspecified atom stereocenters. The van der Waals surface area contributed by atoms with E-state index in [1.807, 2.05) is 11.8 Å². The van der Waals surface area contributed by atoms with Crippen LogP contribution in [0.15, 0.2) is 0 Å². The fourth-order valence-corrected chi connectivity index (χ4v) is 3.56. The zero-order chi connectivity index (χ0) is 13.7. The fourth-order valence-electron chi connectivity index (χ4n) is 2.67. The number of aromatic nitrogens is 2. The van der Waals surface area contributed by atoms with Crippen LogP contribution < -0.4 is 0 Å². The molecule has 19 heavy (non-hydrogen) atoms. The van der Waals surface area contributed by atoms with E-state index in [0.29, 0.717) is 23.3 Å². The maximum Gasteiger partial charge on any atom is 0.267 e. The van der Waals surface area contributed by atoms with Crippen molar-refractivity contribution in [2.45, 2.75) is 51.5 Å². The van der Waals surface area contributed by atoms with Crippen LogP contribution in [0.25, 0.3) is 0 Å². The van der Waals surface area contributed by atoms with Crippen LogP contribution in [-0.4, -0.2) is 38.9 Å². The van der Waals surface area contributed by atoms with Crippen molar-refractivity contribution in [2.24, 2.45) is 0 Å². The number of halogens is 1. The maximum atomic E-state index is 12.7. The molecule has 1 aromatic rings. The highest BCUT2D eigenvalue weighted by Crippen LogP contribution is 2.25. The van der Waals surface area contributed by atoms with Gasteiger partial charge in [-0.2, -0.15) is 0 Å². The lowest BCUT2D eigenvalue weighted by molar-refractivity contribution is 0.0653. The van der Waals surface area contributed by atoms with Crippen LogP contribution >= 0.6 is 23.1 Å². The molecule has 0 bridgehead atoms. The van der Waals surface area contributed by atoms with Crippen molar-refractivity contribution in [1.82, 2.24) is 14.5 Å². The van der Waals surface area contributed by atoms with Gasteiger partial charge in [0.15, 0.2) is 0 Å². The van der Waals surface area contributed by atoms with Gasteiger partial charge in [-0.1, -0.05) is 30.7 Å². The Bertz CT molecular complexity index is 418. The molecule has 2 rings (SSSR count). The van der Waals surface area contributed by atoms with Crippen molar-refractivity contribution < 1.29 is 4.79 Å². The Labute approximate surface area is 123 Å². The van der Waals surface area contributed by atoms with E-state index in [9.17, 15) is 4.79 Å². The first-order chi connectivity index (χ1) is 9.27. The fraction of sp³-hybridized carbons (Fsp3) is 0.769. The molecule has 0 saturated heterocycles. The predicted molar refractivity (Wildman–Crippen MR) is 77.9 cm³/mol. The molecule has 1 aliphatic carbocycles. The molecule has 1 aliphatic rings. The Morgan fingerprint density at radius 2 is 2.16 bits per heavy atom. The molecule has 106 valence electrons. The van der Waals surface area contributed by atoms with Crippen LogP contribution in [0.2, 0.25) is 0 Å². The topological polar surface area (TPSA) is 46.1 Å². The zero-order valence-electron chi connectivity index (χ0n) is 11.3. The second-order valence-electron chi connectivity index (χ2n) is 4.88. The predicted octanol–water partition coefficient (Wildman–Crippen LogP) is 3.11. The molecular formula is C13H20ClN3OS. The molecule has 0 atom stereocenters. The van der Waals surface area contributed by atoms with Crippen LogP contribution in [0.5, 0.6) is 0 Å². The Morgan fingerprint density at radius 1 is 1.42 bits per heavy atom. The van der Waals surface area contributed by atoms with Crippen LogP contribution in [-0.2, 0) is 6.42 Å². The summed E-state index contributed by atoms with van der Waals surface area (Å²) < 4.78 is 3.91. The monoisotopic (exact) mass is 301 g/mol. The van der Waals surface area contributed by atoms with Crippen LogP contribution in [0.4, 0.5) is 0 Å². The van der Waals surface area contributed by atoms with Gasteiger partial charge in [-0.15, -0.1) is 16.7 Å². The lowest BCUT2D eigenvalue weighted by Gasteiger charge is -2.33. The minimum absolute atomic E-state index is 0.0689. The molecule has 1 saturated carbocycles. The van der Waals surface area contributed by atoms with Gasteiger partial charge in [0.1, 0.15) is 4.88 Å². The second-order valence-corrected chi connectivity index (χ2v) is 6.01. The largest absolute Gasteiger partial charge is 0.334 e. The van der Waals surface area contributed by atoms with Gasteiger partial charge in [-0.3, -0.25) is 4.79 Å². The van der Waals surface area contributed by atoms with E-state index in [0.717, 1.165) is 25.0 Å². The molecule has 0 aliphatic heterocycles. The summed E-state index contributed by atoms with van der Waals surface area (Å²) in [5.74, 6) is 0.551. The first-order valence-corrected chi connectivity index (χ1v) is 8.26. The van der Waals surface area contributed by atoms with E-state index in [4.69, 9.17) is 11.6 Å². The number of hydrogen-bond donors (Lipinski definition) is 0. The molecular weight excluding hydrogens is 282 g/mol. The summed E-state index contributed by atoms with van der Waals surface area (Å²) in [4.78, 5) is 15.3. The van der Waals surface area contributed by atoms with Gasteiger partial charge in [-0.05, 0) is 30.8 Å². The number of rotatable bonds is 5. The molecule has 6 heteroatoms. The van der Waals surface area contributed by atoms with E-state index in [2.05, 4.69) is 9.59 Å². The Balaban J connectivity index is 2.15. The number of carbonyl (C=O) groups is 1. The van der Waals surface area contributed by atoms with Gasteiger partial charge in [0, 0.05) is 18.5 Å². The SMILES string of the molecule is CCc1nnsc1C(=O)N(CCCl)C1CCCCC1. The first kappa shape index (κ1) is 14.7. The molecule has 0 spiro atoms. The summed E-state index contributed by atoms with van der Waals surface area (Å²) >= 11 is 7.08. The van der Waals surface area contributed by atoms with Crippen molar-refractivity contribution in [2.75, 3.05) is 12.4 Å². The maximum absolute atomic E-state index is 12.7. The lowest BCUT2D eigenvalue weighted by atomic mass is 9.94. The van der Waals surface area contributed by atoms with Gasteiger partial charge in [-0.25, -0.2) is 0 Å². The summed E-state index contributed by atoms with van der Waals surface area (Å²) in [6, 6.07) is 0.340. The third-order valence-electron chi connectivity index (χ3n) is 3.69. The summed E-state index contributed by atoms with van der Waals surface area (Å²) in [6.45, 7) is 2.62. The van der Waals surface area contributed by atoms with Crippen LogP contribution in [0, 0.1) is 0 Å². The van der Waals surface area contributed by atoms with Crippen LogP contribution in [0.1, 0.15) is 54.4 Å². The normalized spacial score (nSPS) is 16.5. The van der Waals surface area contributed by atoms with Gasteiger partial charge >= 0.3 is 0 Å². The lowest BCUT2D eigenvalue weighted by Crippen LogP contribution is -2.42. The first-order valence-electron chi connectivity index (χ1n) is 6.96. The minimum atomic E-state index is 0.0689. The smallest absolute Gasteiger partial charge is 0.267 e. The number of alkyl halides is 1. The third-order valence-corrected chi connectivity index (χ3v) is 4.61. The summed E-state index contributed by atoms with van der Waals surface area (Å²) in [5.41, 5.74) is 0.811. The number of hydrogen-bond acceptors (Lipinski definition) is 4. The Kier molecular flexibility index (Phi) is 5.58. The Morgan fingerprint density at radius 3 is 2.79 bits per heavy atom. The average Bonchev–Trinajstić information content (AvgIpc) is 2.93. The molecule has 0 N–H and O–H groups in total. The summed E-state index contributed by atoms with van der Waals surface area (Å²) in [7, 11) is 0. The highest BCUT2D eigenvalue weighted by molar-refractivity contribution is 7.08. The standard InChI is InChI=1S/C13H20ClN3OS/c1-2-11-12(19-16-15-11)13(18)17(9-8-14)10-6-4-3-5-7-10/h10H,2-9H2,1H3. The number of aryl methyl sites for hydroxylation is 1. The zero-order valence-corrected chi connectivity index (χ0v) is 12.8. The molecule has 0 aromatic carbocycles. The molecule has 4 nitrogen and oxygen atoms in total. The van der Waals surface area contributed by atoms with Gasteiger partial charge in [0.25, 0.3) is 5.91 Å². The van der Waals surface area contributed by atoms with E-state index < -0.39 is 0 Å².